The molecule has 84 valence electrons. The molecule has 1 rings (SSSR count). The van der Waals surface area contributed by atoms with E-state index in [2.05, 4.69) is 5.32 Å². The van der Waals surface area contributed by atoms with Crippen molar-refractivity contribution in [2.45, 2.75) is 6.42 Å². The normalized spacial score (nSPS) is 27.0. The lowest BCUT2D eigenvalue weighted by atomic mass is 9.88. The molecule has 1 saturated heterocycles. The number of hydrogen-bond acceptors (Lipinski definition) is 4. The second-order valence-electron chi connectivity index (χ2n) is 3.91. The van der Waals surface area contributed by atoms with Crippen molar-refractivity contribution in [3.05, 3.63) is 0 Å². The van der Waals surface area contributed by atoms with Crippen molar-refractivity contribution in [3.63, 3.8) is 0 Å². The number of hydrogen-bond donors (Lipinski definition) is 1. The summed E-state index contributed by atoms with van der Waals surface area (Å²) in [5.41, 5.74) is 0.183. The lowest BCUT2D eigenvalue weighted by molar-refractivity contribution is 0.0612. The van der Waals surface area contributed by atoms with Crippen molar-refractivity contribution in [2.24, 2.45) is 5.41 Å². The Kier molecular flexibility index (Phi) is 5.40. The van der Waals surface area contributed by atoms with Crippen LogP contribution in [0.5, 0.6) is 0 Å². The average Bonchev–Trinajstić information content (AvgIpc) is 2.63. The zero-order valence-electron chi connectivity index (χ0n) is 9.17. The molecule has 0 radical (unpaired) electrons. The van der Waals surface area contributed by atoms with Crippen molar-refractivity contribution in [1.82, 2.24) is 5.32 Å². The predicted molar refractivity (Wildman–Crippen MR) is 54.5 cm³/mol. The quantitative estimate of drug-likeness (QED) is 0.603. The molecule has 1 aliphatic heterocycles. The number of rotatable bonds is 7. The van der Waals surface area contributed by atoms with Crippen LogP contribution in [0.15, 0.2) is 0 Å². The van der Waals surface area contributed by atoms with Gasteiger partial charge in [-0.3, -0.25) is 0 Å². The fourth-order valence-corrected chi connectivity index (χ4v) is 1.79. The highest BCUT2D eigenvalue weighted by Gasteiger charge is 2.34. The summed E-state index contributed by atoms with van der Waals surface area (Å²) in [7, 11) is 3.46. The topological polar surface area (TPSA) is 39.7 Å². The Morgan fingerprint density at radius 2 is 2.21 bits per heavy atom. The third-order valence-corrected chi connectivity index (χ3v) is 2.62. The van der Waals surface area contributed by atoms with Crippen LogP contribution in [0.1, 0.15) is 6.42 Å². The van der Waals surface area contributed by atoms with E-state index in [1.807, 2.05) is 0 Å². The van der Waals surface area contributed by atoms with Gasteiger partial charge < -0.3 is 19.5 Å². The maximum atomic E-state index is 5.42. The van der Waals surface area contributed by atoms with E-state index >= 15 is 0 Å². The molecule has 0 bridgehead atoms. The van der Waals surface area contributed by atoms with Crippen molar-refractivity contribution < 1.29 is 14.2 Å². The van der Waals surface area contributed by atoms with Crippen LogP contribution >= 0.6 is 0 Å². The van der Waals surface area contributed by atoms with Gasteiger partial charge in [-0.25, -0.2) is 0 Å². The second kappa shape index (κ2) is 6.35. The van der Waals surface area contributed by atoms with Crippen LogP contribution in [0, 0.1) is 5.41 Å². The molecule has 0 spiro atoms. The third-order valence-electron chi connectivity index (χ3n) is 2.62. The Bertz CT molecular complexity index is 146. The fraction of sp³-hybridized carbons (Fsp3) is 1.00. The predicted octanol–water partition coefficient (Wildman–Crippen LogP) is 0.275. The molecule has 4 nitrogen and oxygen atoms in total. The number of methoxy groups -OCH3 is 2. The van der Waals surface area contributed by atoms with E-state index in [9.17, 15) is 0 Å². The number of nitrogens with one attached hydrogen (secondary N) is 1. The molecule has 0 aromatic rings. The minimum Gasteiger partial charge on any atom is -0.384 e. The van der Waals surface area contributed by atoms with Gasteiger partial charge in [0.15, 0.2) is 0 Å². The van der Waals surface area contributed by atoms with Gasteiger partial charge in [0.2, 0.25) is 0 Å². The summed E-state index contributed by atoms with van der Waals surface area (Å²) in [4.78, 5) is 0. The molecule has 0 amide bonds. The molecule has 0 saturated carbocycles. The highest BCUT2D eigenvalue weighted by molar-refractivity contribution is 4.85. The molecule has 0 aromatic carbocycles. The molecular formula is C10H21NO3. The average molecular weight is 203 g/mol. The SMILES string of the molecule is COCCNCC1(COC)CCOC1. The molecule has 1 unspecified atom stereocenters. The van der Waals surface area contributed by atoms with Gasteiger partial charge in [0.25, 0.3) is 0 Å². The lowest BCUT2D eigenvalue weighted by Crippen LogP contribution is -2.39. The van der Waals surface area contributed by atoms with Crippen LogP contribution in [0.3, 0.4) is 0 Å². The highest BCUT2D eigenvalue weighted by atomic mass is 16.5. The number of ether oxygens (including phenoxy) is 3. The van der Waals surface area contributed by atoms with E-state index in [-0.39, 0.29) is 5.41 Å². The van der Waals surface area contributed by atoms with Crippen LogP contribution in [0.4, 0.5) is 0 Å². The first-order valence-corrected chi connectivity index (χ1v) is 5.09. The van der Waals surface area contributed by atoms with Crippen LogP contribution < -0.4 is 5.32 Å². The largest absolute Gasteiger partial charge is 0.384 e. The molecule has 1 aliphatic rings. The zero-order chi connectivity index (χ0) is 10.3. The molecule has 1 N–H and O–H groups in total. The minimum atomic E-state index is 0.183. The summed E-state index contributed by atoms with van der Waals surface area (Å²) in [6.45, 7) is 5.03. The van der Waals surface area contributed by atoms with Crippen LogP contribution in [0.2, 0.25) is 0 Å². The monoisotopic (exact) mass is 203 g/mol. The van der Waals surface area contributed by atoms with Gasteiger partial charge in [-0.05, 0) is 6.42 Å². The van der Waals surface area contributed by atoms with E-state index in [1.165, 1.54) is 0 Å². The highest BCUT2D eigenvalue weighted by Crippen LogP contribution is 2.27. The molecule has 0 aliphatic carbocycles. The van der Waals surface area contributed by atoms with Crippen molar-refractivity contribution >= 4 is 0 Å². The van der Waals surface area contributed by atoms with Crippen molar-refractivity contribution in [3.8, 4) is 0 Å². The Morgan fingerprint density at radius 3 is 2.79 bits per heavy atom. The van der Waals surface area contributed by atoms with Gasteiger partial charge in [-0.2, -0.15) is 0 Å². The summed E-state index contributed by atoms with van der Waals surface area (Å²) in [6.07, 6.45) is 1.08. The molecule has 0 aromatic heterocycles. The first-order chi connectivity index (χ1) is 6.83. The van der Waals surface area contributed by atoms with E-state index in [0.717, 1.165) is 45.9 Å². The summed E-state index contributed by atoms with van der Waals surface area (Å²) in [5.74, 6) is 0. The second-order valence-corrected chi connectivity index (χ2v) is 3.91. The lowest BCUT2D eigenvalue weighted by Gasteiger charge is -2.26. The van der Waals surface area contributed by atoms with Gasteiger partial charge in [-0.1, -0.05) is 0 Å². The molecule has 1 heterocycles. The minimum absolute atomic E-state index is 0.183. The van der Waals surface area contributed by atoms with Gasteiger partial charge in [0, 0.05) is 39.3 Å². The van der Waals surface area contributed by atoms with Crippen LogP contribution in [-0.4, -0.2) is 53.7 Å². The van der Waals surface area contributed by atoms with E-state index in [1.54, 1.807) is 14.2 Å². The maximum Gasteiger partial charge on any atom is 0.0587 e. The zero-order valence-corrected chi connectivity index (χ0v) is 9.17. The molecule has 1 atom stereocenters. The van der Waals surface area contributed by atoms with Gasteiger partial charge in [0.05, 0.1) is 19.8 Å². The molecule has 4 heteroatoms. The summed E-state index contributed by atoms with van der Waals surface area (Å²) < 4.78 is 15.6. The summed E-state index contributed by atoms with van der Waals surface area (Å²) >= 11 is 0. The Hall–Kier alpha value is -0.160. The van der Waals surface area contributed by atoms with Gasteiger partial charge >= 0.3 is 0 Å². The first-order valence-electron chi connectivity index (χ1n) is 5.09. The molecule has 1 fully saturated rings. The standard InChI is InChI=1S/C10H21NO3/c1-12-6-4-11-7-10(8-13-2)3-5-14-9-10/h11H,3-9H2,1-2H3. The van der Waals surface area contributed by atoms with Crippen molar-refractivity contribution in [2.75, 3.05) is 53.7 Å². The first kappa shape index (κ1) is 11.9. The maximum absolute atomic E-state index is 5.42. The van der Waals surface area contributed by atoms with E-state index in [0.29, 0.717) is 0 Å². The summed E-state index contributed by atoms with van der Waals surface area (Å²) in [5, 5.41) is 3.37. The van der Waals surface area contributed by atoms with Crippen LogP contribution in [0.25, 0.3) is 0 Å². The van der Waals surface area contributed by atoms with Crippen molar-refractivity contribution in [1.29, 1.82) is 0 Å². The fourth-order valence-electron chi connectivity index (χ4n) is 1.79. The van der Waals surface area contributed by atoms with E-state index < -0.39 is 0 Å². The Morgan fingerprint density at radius 1 is 1.36 bits per heavy atom. The van der Waals surface area contributed by atoms with Crippen LogP contribution in [-0.2, 0) is 14.2 Å². The third kappa shape index (κ3) is 3.53. The molecular weight excluding hydrogens is 182 g/mol. The van der Waals surface area contributed by atoms with E-state index in [4.69, 9.17) is 14.2 Å². The molecule has 14 heavy (non-hydrogen) atoms. The summed E-state index contributed by atoms with van der Waals surface area (Å²) in [6, 6.07) is 0. The van der Waals surface area contributed by atoms with Gasteiger partial charge in [0.1, 0.15) is 0 Å². The Balaban J connectivity index is 2.21. The van der Waals surface area contributed by atoms with Gasteiger partial charge in [-0.15, -0.1) is 0 Å². The smallest absolute Gasteiger partial charge is 0.0587 e. The Labute approximate surface area is 85.9 Å².